The first-order valence-corrected chi connectivity index (χ1v) is 9.64. The number of nitro benzene ring substituents is 1. The van der Waals surface area contributed by atoms with Gasteiger partial charge in [0.1, 0.15) is 11.6 Å². The SMILES string of the molecule is CCCCCN1C(=O)C(=O)/C(=C(/O)c2cccc([N+](=O)[O-])c2)C1c1ccccc1F. The van der Waals surface area contributed by atoms with E-state index in [1.165, 1.54) is 41.3 Å². The summed E-state index contributed by atoms with van der Waals surface area (Å²) in [7, 11) is 0. The first kappa shape index (κ1) is 21.2. The van der Waals surface area contributed by atoms with E-state index in [1.807, 2.05) is 6.92 Å². The van der Waals surface area contributed by atoms with Gasteiger partial charge in [0.15, 0.2) is 0 Å². The minimum atomic E-state index is -1.11. The van der Waals surface area contributed by atoms with E-state index in [2.05, 4.69) is 0 Å². The molecule has 1 saturated heterocycles. The zero-order valence-corrected chi connectivity index (χ0v) is 16.4. The Kier molecular flexibility index (Phi) is 6.25. The van der Waals surface area contributed by atoms with Crippen molar-refractivity contribution in [3.05, 3.63) is 81.2 Å². The highest BCUT2D eigenvalue weighted by Crippen LogP contribution is 2.40. The predicted octanol–water partition coefficient (Wildman–Crippen LogP) is 4.35. The molecule has 0 saturated carbocycles. The number of halogens is 1. The number of non-ortho nitro benzene ring substituents is 1. The van der Waals surface area contributed by atoms with Crippen LogP contribution in [0, 0.1) is 15.9 Å². The fraction of sp³-hybridized carbons (Fsp3) is 0.273. The number of carbonyl (C=O) groups is 2. The zero-order chi connectivity index (χ0) is 21.8. The van der Waals surface area contributed by atoms with E-state index in [4.69, 9.17) is 0 Å². The molecule has 1 unspecified atom stereocenters. The molecule has 1 heterocycles. The third kappa shape index (κ3) is 3.94. The van der Waals surface area contributed by atoms with Gasteiger partial charge >= 0.3 is 0 Å². The van der Waals surface area contributed by atoms with E-state index in [9.17, 15) is 29.2 Å². The van der Waals surface area contributed by atoms with Crippen molar-refractivity contribution in [3.8, 4) is 0 Å². The number of hydrogen-bond donors (Lipinski definition) is 1. The summed E-state index contributed by atoms with van der Waals surface area (Å²) in [6.07, 6.45) is 2.32. The van der Waals surface area contributed by atoms with E-state index >= 15 is 0 Å². The van der Waals surface area contributed by atoms with Gasteiger partial charge in [0, 0.05) is 29.8 Å². The summed E-state index contributed by atoms with van der Waals surface area (Å²) >= 11 is 0. The number of benzene rings is 2. The van der Waals surface area contributed by atoms with Gasteiger partial charge in [-0.2, -0.15) is 0 Å². The highest BCUT2D eigenvalue weighted by atomic mass is 19.1. The van der Waals surface area contributed by atoms with Gasteiger partial charge in [-0.25, -0.2) is 4.39 Å². The number of aliphatic hydroxyl groups is 1. The van der Waals surface area contributed by atoms with Gasteiger partial charge in [-0.1, -0.05) is 50.1 Å². The molecule has 8 heteroatoms. The minimum Gasteiger partial charge on any atom is -0.507 e. The monoisotopic (exact) mass is 412 g/mol. The summed E-state index contributed by atoms with van der Waals surface area (Å²) in [4.78, 5) is 37.2. The highest BCUT2D eigenvalue weighted by molar-refractivity contribution is 6.46. The number of Topliss-reactive ketones (excluding diaryl/α,β-unsaturated/α-hetero) is 1. The van der Waals surface area contributed by atoms with E-state index < -0.39 is 34.2 Å². The molecule has 0 bridgehead atoms. The van der Waals surface area contributed by atoms with E-state index in [0.717, 1.165) is 18.9 Å². The van der Waals surface area contributed by atoms with Gasteiger partial charge < -0.3 is 10.0 Å². The van der Waals surface area contributed by atoms with Gasteiger partial charge in [0.05, 0.1) is 16.5 Å². The zero-order valence-electron chi connectivity index (χ0n) is 16.4. The number of ketones is 1. The van der Waals surface area contributed by atoms with Crippen LogP contribution >= 0.6 is 0 Å². The maximum absolute atomic E-state index is 14.6. The van der Waals surface area contributed by atoms with Gasteiger partial charge in [-0.05, 0) is 12.5 Å². The summed E-state index contributed by atoms with van der Waals surface area (Å²) in [5.41, 5.74) is -0.460. The molecule has 1 aliphatic rings. The van der Waals surface area contributed by atoms with Crippen molar-refractivity contribution in [1.29, 1.82) is 0 Å². The molecule has 1 N–H and O–H groups in total. The van der Waals surface area contributed by atoms with Crippen LogP contribution in [0.1, 0.15) is 43.4 Å². The lowest BCUT2D eigenvalue weighted by Crippen LogP contribution is -2.31. The Bertz CT molecular complexity index is 1030. The first-order valence-electron chi connectivity index (χ1n) is 9.64. The molecule has 1 atom stereocenters. The van der Waals surface area contributed by atoms with Crippen molar-refractivity contribution in [1.82, 2.24) is 4.90 Å². The molecule has 2 aromatic rings. The van der Waals surface area contributed by atoms with Crippen molar-refractivity contribution in [2.75, 3.05) is 6.54 Å². The normalized spacial score (nSPS) is 18.1. The molecule has 2 aromatic carbocycles. The number of likely N-dealkylation sites (tertiary alicyclic amines) is 1. The van der Waals surface area contributed by atoms with Crippen LogP contribution in [-0.2, 0) is 9.59 Å². The third-order valence-electron chi connectivity index (χ3n) is 5.07. The van der Waals surface area contributed by atoms with E-state index in [0.29, 0.717) is 6.42 Å². The number of nitro groups is 1. The van der Waals surface area contributed by atoms with Gasteiger partial charge in [0.2, 0.25) is 0 Å². The van der Waals surface area contributed by atoms with Gasteiger partial charge in [-0.15, -0.1) is 0 Å². The first-order chi connectivity index (χ1) is 14.4. The van der Waals surface area contributed by atoms with Crippen LogP contribution in [0.15, 0.2) is 54.1 Å². The van der Waals surface area contributed by atoms with Crippen molar-refractivity contribution in [2.45, 2.75) is 32.2 Å². The number of rotatable bonds is 7. The molecule has 1 amide bonds. The molecule has 1 aliphatic heterocycles. The molecule has 156 valence electrons. The van der Waals surface area contributed by atoms with Gasteiger partial charge in [-0.3, -0.25) is 19.7 Å². The summed E-state index contributed by atoms with van der Waals surface area (Å²) < 4.78 is 14.6. The second-order valence-electron chi connectivity index (χ2n) is 7.03. The highest BCUT2D eigenvalue weighted by Gasteiger charge is 2.46. The van der Waals surface area contributed by atoms with Crippen LogP contribution in [-0.4, -0.2) is 33.2 Å². The molecule has 0 aromatic heterocycles. The molecule has 7 nitrogen and oxygen atoms in total. The minimum absolute atomic E-state index is 0.0112. The van der Waals surface area contributed by atoms with E-state index in [-0.39, 0.29) is 28.9 Å². The number of nitrogens with zero attached hydrogens (tertiary/aromatic N) is 2. The average Bonchev–Trinajstić information content (AvgIpc) is 2.98. The second-order valence-corrected chi connectivity index (χ2v) is 7.03. The Labute approximate surface area is 172 Å². The number of carbonyl (C=O) groups excluding carboxylic acids is 2. The topological polar surface area (TPSA) is 101 Å². The fourth-order valence-corrected chi connectivity index (χ4v) is 3.59. The molecule has 3 rings (SSSR count). The Morgan fingerprint density at radius 2 is 1.90 bits per heavy atom. The van der Waals surface area contributed by atoms with Crippen LogP contribution in [0.4, 0.5) is 10.1 Å². The van der Waals surface area contributed by atoms with E-state index in [1.54, 1.807) is 6.07 Å². The molecular formula is C22H21FN2O5. The van der Waals surface area contributed by atoms with Crippen LogP contribution in [0.3, 0.4) is 0 Å². The molecule has 0 aliphatic carbocycles. The summed E-state index contributed by atoms with van der Waals surface area (Å²) in [6, 6.07) is 9.75. The van der Waals surface area contributed by atoms with Crippen molar-refractivity contribution < 1.29 is 24.0 Å². The number of hydrogen-bond acceptors (Lipinski definition) is 5. The maximum atomic E-state index is 14.6. The maximum Gasteiger partial charge on any atom is 0.295 e. The third-order valence-corrected chi connectivity index (χ3v) is 5.07. The number of aliphatic hydroxyl groups excluding tert-OH is 1. The molecule has 0 radical (unpaired) electrons. The summed E-state index contributed by atoms with van der Waals surface area (Å²) in [5, 5.41) is 21.9. The molecule has 0 spiro atoms. The average molecular weight is 412 g/mol. The fourth-order valence-electron chi connectivity index (χ4n) is 3.59. The smallest absolute Gasteiger partial charge is 0.295 e. The molecule has 30 heavy (non-hydrogen) atoms. The largest absolute Gasteiger partial charge is 0.507 e. The van der Waals surface area contributed by atoms with Crippen molar-refractivity contribution >= 4 is 23.1 Å². The Hall–Kier alpha value is -3.55. The Morgan fingerprint density at radius 1 is 1.17 bits per heavy atom. The summed E-state index contributed by atoms with van der Waals surface area (Å²) in [5.74, 6) is -2.95. The van der Waals surface area contributed by atoms with Crippen LogP contribution in [0.2, 0.25) is 0 Å². The number of amides is 1. The van der Waals surface area contributed by atoms with Crippen LogP contribution in [0.25, 0.3) is 5.76 Å². The molecule has 1 fully saturated rings. The predicted molar refractivity (Wildman–Crippen MR) is 108 cm³/mol. The lowest BCUT2D eigenvalue weighted by molar-refractivity contribution is -0.384. The lowest BCUT2D eigenvalue weighted by atomic mass is 9.94. The van der Waals surface area contributed by atoms with Gasteiger partial charge in [0.25, 0.3) is 17.4 Å². The quantitative estimate of drug-likeness (QED) is 0.182. The van der Waals surface area contributed by atoms with Crippen molar-refractivity contribution in [3.63, 3.8) is 0 Å². The number of unbranched alkanes of at least 4 members (excludes halogenated alkanes) is 2. The van der Waals surface area contributed by atoms with Crippen molar-refractivity contribution in [2.24, 2.45) is 0 Å². The Morgan fingerprint density at radius 3 is 2.57 bits per heavy atom. The summed E-state index contributed by atoms with van der Waals surface area (Å²) in [6.45, 7) is 2.22. The lowest BCUT2D eigenvalue weighted by Gasteiger charge is -2.25. The van der Waals surface area contributed by atoms with Crippen LogP contribution in [0.5, 0.6) is 0 Å². The molecular weight excluding hydrogens is 391 g/mol. The Balaban J connectivity index is 2.17. The second kappa shape index (κ2) is 8.86. The van der Waals surface area contributed by atoms with Crippen LogP contribution < -0.4 is 0 Å². The standard InChI is InChI=1S/C22H21FN2O5/c1-2-3-6-12-24-19(16-10-4-5-11-17(16)23)18(21(27)22(24)28)20(26)14-8-7-9-15(13-14)25(29)30/h4-5,7-11,13,19,26H,2-3,6,12H2,1H3/b20-18+.